The maximum Gasteiger partial charge on any atom is 0.230 e. The third-order valence-electron chi connectivity index (χ3n) is 2.40. The molecule has 0 aromatic carbocycles. The van der Waals surface area contributed by atoms with Crippen molar-refractivity contribution in [3.05, 3.63) is 0 Å². The number of hydrogen-bond donors (Lipinski definition) is 2. The lowest BCUT2D eigenvalue weighted by molar-refractivity contribution is -0.119. The monoisotopic (exact) mass is 288 g/mol. The Labute approximate surface area is 116 Å². The molecule has 0 fully saturated rings. The van der Waals surface area contributed by atoms with Gasteiger partial charge in [-0.15, -0.1) is 10.2 Å². The summed E-state index contributed by atoms with van der Waals surface area (Å²) in [6, 6.07) is 0.240. The first-order valence-corrected chi connectivity index (χ1v) is 7.93. The lowest BCUT2D eigenvalue weighted by Crippen LogP contribution is -2.33. The first-order valence-electron chi connectivity index (χ1n) is 6.13. The van der Waals surface area contributed by atoms with E-state index in [9.17, 15) is 4.79 Å². The molecule has 1 rings (SSSR count). The summed E-state index contributed by atoms with van der Waals surface area (Å²) in [5.74, 6) is 0.407. The molecule has 102 valence electrons. The number of nitrogens with zero attached hydrogens (tertiary/aromatic N) is 2. The van der Waals surface area contributed by atoms with Crippen LogP contribution in [0.25, 0.3) is 0 Å². The van der Waals surface area contributed by atoms with E-state index in [-0.39, 0.29) is 11.9 Å². The molecule has 0 bridgehead atoms. The highest BCUT2D eigenvalue weighted by Gasteiger charge is 2.09. The van der Waals surface area contributed by atoms with E-state index >= 15 is 0 Å². The average molecular weight is 288 g/mol. The van der Waals surface area contributed by atoms with Crippen molar-refractivity contribution in [1.29, 1.82) is 0 Å². The van der Waals surface area contributed by atoms with Gasteiger partial charge in [-0.05, 0) is 13.3 Å². The predicted molar refractivity (Wildman–Crippen MR) is 76.8 cm³/mol. The fourth-order valence-electron chi connectivity index (χ4n) is 1.50. The maximum absolute atomic E-state index is 11.7. The number of amides is 1. The van der Waals surface area contributed by atoms with Gasteiger partial charge in [0.1, 0.15) is 0 Å². The molecule has 0 aliphatic carbocycles. The number of thioether (sulfide) groups is 1. The third kappa shape index (κ3) is 6.20. The van der Waals surface area contributed by atoms with Crippen LogP contribution in [0.3, 0.4) is 0 Å². The molecule has 0 spiro atoms. The van der Waals surface area contributed by atoms with Gasteiger partial charge in [0.05, 0.1) is 5.75 Å². The molecule has 0 saturated carbocycles. The second-order valence-electron chi connectivity index (χ2n) is 4.16. The fourth-order valence-corrected chi connectivity index (χ4v) is 2.94. The number of hydrogen-bond acceptors (Lipinski definition) is 6. The topological polar surface area (TPSA) is 80.9 Å². The van der Waals surface area contributed by atoms with Crippen LogP contribution in [0.2, 0.25) is 0 Å². The summed E-state index contributed by atoms with van der Waals surface area (Å²) in [4.78, 5) is 11.7. The Balaban J connectivity index is 2.16. The second-order valence-corrected chi connectivity index (χ2v) is 6.39. The average Bonchev–Trinajstić information content (AvgIpc) is 2.73. The van der Waals surface area contributed by atoms with Crippen molar-refractivity contribution in [2.24, 2.45) is 0 Å². The van der Waals surface area contributed by atoms with E-state index in [1.54, 1.807) is 0 Å². The minimum Gasteiger partial charge on any atom is -0.374 e. The minimum atomic E-state index is 0.0396. The van der Waals surface area contributed by atoms with Crippen LogP contribution < -0.4 is 11.1 Å². The zero-order valence-electron chi connectivity index (χ0n) is 10.8. The van der Waals surface area contributed by atoms with Crippen LogP contribution in [0.15, 0.2) is 4.34 Å². The smallest absolute Gasteiger partial charge is 0.230 e. The van der Waals surface area contributed by atoms with E-state index in [1.165, 1.54) is 35.9 Å². The number of carbonyl (C=O) groups is 1. The SMILES string of the molecule is CCCCCC(C)NC(=O)CSc1nnc(N)s1. The van der Waals surface area contributed by atoms with Crippen molar-refractivity contribution in [2.45, 2.75) is 49.9 Å². The van der Waals surface area contributed by atoms with Crippen LogP contribution in [0.1, 0.15) is 39.5 Å². The largest absolute Gasteiger partial charge is 0.374 e. The molecular formula is C11H20N4OS2. The van der Waals surface area contributed by atoms with Gasteiger partial charge in [-0.2, -0.15) is 0 Å². The Morgan fingerprint density at radius 2 is 2.28 bits per heavy atom. The van der Waals surface area contributed by atoms with Crippen LogP contribution in [0.4, 0.5) is 5.13 Å². The molecule has 3 N–H and O–H groups in total. The van der Waals surface area contributed by atoms with Crippen molar-refractivity contribution in [2.75, 3.05) is 11.5 Å². The zero-order chi connectivity index (χ0) is 13.4. The highest BCUT2D eigenvalue weighted by Crippen LogP contribution is 2.23. The lowest BCUT2D eigenvalue weighted by atomic mass is 10.1. The van der Waals surface area contributed by atoms with Crippen LogP contribution in [0, 0.1) is 0 Å². The first-order chi connectivity index (χ1) is 8.61. The highest BCUT2D eigenvalue weighted by atomic mass is 32.2. The van der Waals surface area contributed by atoms with Gasteiger partial charge in [-0.25, -0.2) is 0 Å². The van der Waals surface area contributed by atoms with Crippen LogP contribution in [-0.4, -0.2) is 27.9 Å². The Bertz CT molecular complexity index is 370. The van der Waals surface area contributed by atoms with E-state index < -0.39 is 0 Å². The number of rotatable bonds is 8. The number of aromatic nitrogens is 2. The van der Waals surface area contributed by atoms with Crippen molar-refractivity contribution >= 4 is 34.1 Å². The number of anilines is 1. The van der Waals surface area contributed by atoms with Crippen molar-refractivity contribution in [3.8, 4) is 0 Å². The summed E-state index contributed by atoms with van der Waals surface area (Å²) in [5, 5.41) is 11.0. The summed E-state index contributed by atoms with van der Waals surface area (Å²) >= 11 is 2.68. The van der Waals surface area contributed by atoms with Gasteiger partial charge >= 0.3 is 0 Å². The van der Waals surface area contributed by atoms with Crippen LogP contribution >= 0.6 is 23.1 Å². The standard InChI is InChI=1S/C11H20N4OS2/c1-3-4-5-6-8(2)13-9(16)7-17-11-15-14-10(12)18-11/h8H,3-7H2,1-2H3,(H2,12,14)(H,13,16). The zero-order valence-corrected chi connectivity index (χ0v) is 12.4. The van der Waals surface area contributed by atoms with E-state index in [0.717, 1.165) is 17.2 Å². The molecule has 1 atom stereocenters. The van der Waals surface area contributed by atoms with Gasteiger partial charge in [0.2, 0.25) is 11.0 Å². The van der Waals surface area contributed by atoms with Gasteiger partial charge in [0.25, 0.3) is 0 Å². The van der Waals surface area contributed by atoms with E-state index in [0.29, 0.717) is 10.9 Å². The molecule has 0 aliphatic heterocycles. The third-order valence-corrected chi connectivity index (χ3v) is 4.28. The summed E-state index contributed by atoms with van der Waals surface area (Å²) in [5.41, 5.74) is 5.46. The highest BCUT2D eigenvalue weighted by molar-refractivity contribution is 8.01. The Hall–Kier alpha value is -0.820. The number of carbonyl (C=O) groups excluding carboxylic acids is 1. The van der Waals surface area contributed by atoms with Crippen molar-refractivity contribution < 1.29 is 4.79 Å². The molecular weight excluding hydrogens is 268 g/mol. The lowest BCUT2D eigenvalue weighted by Gasteiger charge is -2.12. The number of nitrogens with two attached hydrogens (primary N) is 1. The minimum absolute atomic E-state index is 0.0396. The number of unbranched alkanes of at least 4 members (excludes halogenated alkanes) is 2. The predicted octanol–water partition coefficient (Wildman–Crippen LogP) is 2.30. The second kappa shape index (κ2) is 8.31. The first kappa shape index (κ1) is 15.2. The van der Waals surface area contributed by atoms with Crippen molar-refractivity contribution in [1.82, 2.24) is 15.5 Å². The van der Waals surface area contributed by atoms with Crippen LogP contribution in [-0.2, 0) is 4.79 Å². The molecule has 0 radical (unpaired) electrons. The molecule has 1 aromatic heterocycles. The number of nitrogens with one attached hydrogen (secondary N) is 1. The van der Waals surface area contributed by atoms with Gasteiger partial charge in [-0.1, -0.05) is 49.3 Å². The van der Waals surface area contributed by atoms with E-state index in [4.69, 9.17) is 5.73 Å². The molecule has 0 aliphatic rings. The molecule has 0 saturated heterocycles. The Kier molecular flexibility index (Phi) is 7.04. The van der Waals surface area contributed by atoms with E-state index in [2.05, 4.69) is 22.4 Å². The molecule has 1 heterocycles. The molecule has 5 nitrogen and oxygen atoms in total. The molecule has 18 heavy (non-hydrogen) atoms. The molecule has 7 heteroatoms. The Morgan fingerprint density at radius 3 is 2.89 bits per heavy atom. The molecule has 1 amide bonds. The van der Waals surface area contributed by atoms with Crippen LogP contribution in [0.5, 0.6) is 0 Å². The van der Waals surface area contributed by atoms with Gasteiger partial charge in [0, 0.05) is 6.04 Å². The summed E-state index contributed by atoms with van der Waals surface area (Å²) in [6.07, 6.45) is 4.63. The fraction of sp³-hybridized carbons (Fsp3) is 0.727. The van der Waals surface area contributed by atoms with E-state index in [1.807, 2.05) is 6.92 Å². The van der Waals surface area contributed by atoms with Gasteiger partial charge in [0.15, 0.2) is 4.34 Å². The van der Waals surface area contributed by atoms with Gasteiger partial charge in [-0.3, -0.25) is 4.79 Å². The molecule has 1 aromatic rings. The normalized spacial score (nSPS) is 12.3. The summed E-state index contributed by atoms with van der Waals surface area (Å²) < 4.78 is 0.737. The number of nitrogen functional groups attached to an aromatic ring is 1. The summed E-state index contributed by atoms with van der Waals surface area (Å²) in [6.45, 7) is 4.22. The van der Waals surface area contributed by atoms with Crippen molar-refractivity contribution in [3.63, 3.8) is 0 Å². The Morgan fingerprint density at radius 1 is 1.50 bits per heavy atom. The maximum atomic E-state index is 11.7. The van der Waals surface area contributed by atoms with Gasteiger partial charge < -0.3 is 11.1 Å². The molecule has 1 unspecified atom stereocenters. The quantitative estimate of drug-likeness (QED) is 0.566. The summed E-state index contributed by atoms with van der Waals surface area (Å²) in [7, 11) is 0.